The molecule has 29 heavy (non-hydrogen) atoms. The summed E-state index contributed by atoms with van der Waals surface area (Å²) in [6, 6.07) is 9.27. The minimum atomic E-state index is -4.51. The lowest BCUT2D eigenvalue weighted by Gasteiger charge is -2.15. The number of nitrogens with zero attached hydrogens (tertiary/aromatic N) is 3. The molecule has 7 nitrogen and oxygen atoms in total. The van der Waals surface area contributed by atoms with E-state index in [9.17, 15) is 13.2 Å². The molecule has 11 heteroatoms. The lowest BCUT2D eigenvalue weighted by molar-refractivity contribution is -0.138. The zero-order valence-corrected chi connectivity index (χ0v) is 16.4. The lowest BCUT2D eigenvalue weighted by Crippen LogP contribution is -2.09. The molecule has 0 fully saturated rings. The van der Waals surface area contributed by atoms with E-state index in [1.54, 1.807) is 12.1 Å². The van der Waals surface area contributed by atoms with Crippen LogP contribution in [0.3, 0.4) is 0 Å². The van der Waals surface area contributed by atoms with Gasteiger partial charge in [-0.1, -0.05) is 15.9 Å². The Morgan fingerprint density at radius 1 is 1.21 bits per heavy atom. The number of hydrogen-bond donors (Lipinski definition) is 2. The fourth-order valence-electron chi connectivity index (χ4n) is 2.85. The number of benzene rings is 2. The second-order valence-corrected chi connectivity index (χ2v) is 6.95. The number of H-pyrrole nitrogens is 1. The van der Waals surface area contributed by atoms with Crippen molar-refractivity contribution < 1.29 is 22.3 Å². The van der Waals surface area contributed by atoms with E-state index in [-0.39, 0.29) is 12.3 Å². The van der Waals surface area contributed by atoms with Crippen LogP contribution >= 0.6 is 15.9 Å². The normalized spacial score (nSPS) is 11.8. The molecule has 2 N–H and O–H groups in total. The van der Waals surface area contributed by atoms with Crippen LogP contribution in [0, 0.1) is 0 Å². The van der Waals surface area contributed by atoms with Gasteiger partial charge < -0.3 is 14.5 Å². The third-order valence-electron chi connectivity index (χ3n) is 4.24. The number of nitrogens with one attached hydrogen (secondary N) is 2. The van der Waals surface area contributed by atoms with Crippen molar-refractivity contribution in [1.29, 1.82) is 0 Å². The Bertz CT molecular complexity index is 1160. The topological polar surface area (TPSA) is 88.9 Å². The molecular formula is C18H13BrF3N5O2. The Hall–Kier alpha value is -3.08. The van der Waals surface area contributed by atoms with Crippen LogP contribution in [0.5, 0.6) is 5.75 Å². The summed E-state index contributed by atoms with van der Waals surface area (Å²) in [4.78, 5) is 0. The predicted molar refractivity (Wildman–Crippen MR) is 102 cm³/mol. The number of aromatic nitrogens is 4. The van der Waals surface area contributed by atoms with Gasteiger partial charge in [0, 0.05) is 22.1 Å². The summed E-state index contributed by atoms with van der Waals surface area (Å²) in [6.45, 7) is 0.276. The molecular weight excluding hydrogens is 455 g/mol. The minimum Gasteiger partial charge on any atom is -0.496 e. The molecule has 0 unspecified atom stereocenters. The number of anilines is 1. The van der Waals surface area contributed by atoms with Gasteiger partial charge in [-0.3, -0.25) is 0 Å². The Balaban J connectivity index is 1.59. The van der Waals surface area contributed by atoms with Gasteiger partial charge in [-0.2, -0.15) is 18.4 Å². The van der Waals surface area contributed by atoms with E-state index < -0.39 is 11.7 Å². The van der Waals surface area contributed by atoms with E-state index in [2.05, 4.69) is 41.9 Å². The van der Waals surface area contributed by atoms with Crippen LogP contribution in [0.25, 0.3) is 22.6 Å². The Labute approximate surface area is 170 Å². The maximum absolute atomic E-state index is 13.2. The van der Waals surface area contributed by atoms with Gasteiger partial charge in [0.2, 0.25) is 5.82 Å². The highest BCUT2D eigenvalue weighted by molar-refractivity contribution is 9.10. The summed E-state index contributed by atoms with van der Waals surface area (Å²) >= 11 is 3.49. The van der Waals surface area contributed by atoms with Gasteiger partial charge in [0.1, 0.15) is 11.3 Å². The van der Waals surface area contributed by atoms with Crippen LogP contribution in [0.4, 0.5) is 18.9 Å². The van der Waals surface area contributed by atoms with Crippen molar-refractivity contribution in [2.45, 2.75) is 12.7 Å². The molecule has 0 atom stereocenters. The monoisotopic (exact) mass is 467 g/mol. The molecule has 0 amide bonds. The Morgan fingerprint density at radius 3 is 2.72 bits per heavy atom. The zero-order valence-electron chi connectivity index (χ0n) is 14.8. The summed E-state index contributed by atoms with van der Waals surface area (Å²) in [5.41, 5.74) is 0.874. The van der Waals surface area contributed by atoms with Gasteiger partial charge in [-0.25, -0.2) is 0 Å². The van der Waals surface area contributed by atoms with Gasteiger partial charge in [0.25, 0.3) is 0 Å². The van der Waals surface area contributed by atoms with Gasteiger partial charge in [-0.15, -0.1) is 10.2 Å². The van der Waals surface area contributed by atoms with Crippen molar-refractivity contribution in [2.24, 2.45) is 0 Å². The summed E-state index contributed by atoms with van der Waals surface area (Å²) in [7, 11) is 1.20. The number of fused-ring (bicyclic) bond motifs is 1. The molecule has 4 rings (SSSR count). The van der Waals surface area contributed by atoms with Crippen molar-refractivity contribution in [2.75, 3.05) is 12.4 Å². The first kappa shape index (κ1) is 19.2. The predicted octanol–water partition coefficient (Wildman–Crippen LogP) is 5.01. The maximum Gasteiger partial charge on any atom is 0.420 e. The lowest BCUT2D eigenvalue weighted by atomic mass is 10.1. The number of ether oxygens (including phenoxy) is 1. The van der Waals surface area contributed by atoms with Gasteiger partial charge >= 0.3 is 6.18 Å². The smallest absolute Gasteiger partial charge is 0.420 e. The average Bonchev–Trinajstić information content (AvgIpc) is 3.34. The summed E-state index contributed by atoms with van der Waals surface area (Å²) in [5, 5.41) is 17.4. The molecule has 2 heterocycles. The van der Waals surface area contributed by atoms with E-state index in [0.29, 0.717) is 22.9 Å². The molecule has 4 aromatic rings. The molecule has 150 valence electrons. The van der Waals surface area contributed by atoms with Crippen LogP contribution < -0.4 is 10.1 Å². The molecule has 0 aliphatic heterocycles. The molecule has 0 saturated carbocycles. The van der Waals surface area contributed by atoms with E-state index in [4.69, 9.17) is 9.15 Å². The Morgan fingerprint density at radius 2 is 2.03 bits per heavy atom. The number of furan rings is 1. The highest BCUT2D eigenvalue weighted by atomic mass is 79.9. The van der Waals surface area contributed by atoms with Crippen LogP contribution in [0.2, 0.25) is 0 Å². The first-order valence-corrected chi connectivity index (χ1v) is 9.09. The number of rotatable bonds is 5. The van der Waals surface area contributed by atoms with E-state index in [1.165, 1.54) is 19.2 Å². The minimum absolute atomic E-state index is 0.227. The molecule has 0 radical (unpaired) electrons. The largest absolute Gasteiger partial charge is 0.496 e. The third kappa shape index (κ3) is 3.90. The molecule has 0 saturated heterocycles. The summed E-state index contributed by atoms with van der Waals surface area (Å²) in [6.07, 6.45) is -4.51. The molecule has 2 aromatic heterocycles. The molecule has 0 bridgehead atoms. The van der Waals surface area contributed by atoms with Crippen LogP contribution in [-0.2, 0) is 12.7 Å². The van der Waals surface area contributed by atoms with Crippen molar-refractivity contribution in [1.82, 2.24) is 20.6 Å². The van der Waals surface area contributed by atoms with Crippen molar-refractivity contribution >= 4 is 32.6 Å². The number of halogens is 4. The van der Waals surface area contributed by atoms with E-state index in [0.717, 1.165) is 21.5 Å². The number of alkyl halides is 3. The standard InChI is InChI=1S/C18H13BrF3N5O2/c1-28-14-3-2-11(7-12(14)18(20,21)22)23-8-10-6-15-9(4-13(10)19)5-16(29-15)17-24-26-27-25-17/h2-7,23H,8H2,1H3,(H,24,25,26,27). The number of tetrazole rings is 1. The van der Waals surface area contributed by atoms with Gasteiger partial charge in [0.15, 0.2) is 5.76 Å². The SMILES string of the molecule is COc1ccc(NCc2cc3oc(-c4nn[nH]n4)cc3cc2Br)cc1C(F)(F)F. The summed E-state index contributed by atoms with van der Waals surface area (Å²) in [5.74, 6) is 0.556. The third-order valence-corrected chi connectivity index (χ3v) is 4.98. The Kier molecular flexibility index (Phi) is 4.91. The van der Waals surface area contributed by atoms with Crippen molar-refractivity contribution in [3.05, 3.63) is 52.0 Å². The number of hydrogen-bond acceptors (Lipinski definition) is 6. The molecule has 0 aliphatic rings. The quantitative estimate of drug-likeness (QED) is 0.428. The first-order valence-electron chi connectivity index (χ1n) is 8.30. The van der Waals surface area contributed by atoms with Gasteiger partial charge in [-0.05, 0) is 47.2 Å². The van der Waals surface area contributed by atoms with Crippen molar-refractivity contribution in [3.63, 3.8) is 0 Å². The molecule has 0 spiro atoms. The van der Waals surface area contributed by atoms with Crippen molar-refractivity contribution in [3.8, 4) is 17.3 Å². The van der Waals surface area contributed by atoms with Gasteiger partial charge in [0.05, 0.1) is 12.7 Å². The number of methoxy groups -OCH3 is 1. The fraction of sp³-hybridized carbons (Fsp3) is 0.167. The van der Waals surface area contributed by atoms with Crippen LogP contribution in [-0.4, -0.2) is 27.7 Å². The second kappa shape index (κ2) is 7.39. The molecule has 2 aromatic carbocycles. The summed E-state index contributed by atoms with van der Waals surface area (Å²) < 4.78 is 50.9. The highest BCUT2D eigenvalue weighted by Crippen LogP contribution is 2.38. The molecule has 0 aliphatic carbocycles. The van der Waals surface area contributed by atoms with Crippen LogP contribution in [0.15, 0.2) is 45.3 Å². The maximum atomic E-state index is 13.2. The van der Waals surface area contributed by atoms with E-state index >= 15 is 0 Å². The fourth-order valence-corrected chi connectivity index (χ4v) is 3.35. The number of aromatic amines is 1. The van der Waals surface area contributed by atoms with Crippen LogP contribution in [0.1, 0.15) is 11.1 Å². The second-order valence-electron chi connectivity index (χ2n) is 6.09. The highest BCUT2D eigenvalue weighted by Gasteiger charge is 2.34. The zero-order chi connectivity index (χ0) is 20.6. The average molecular weight is 468 g/mol. The first-order chi connectivity index (χ1) is 13.8. The van der Waals surface area contributed by atoms with E-state index in [1.807, 2.05) is 6.07 Å².